The Hall–Kier alpha value is -1.71. The van der Waals surface area contributed by atoms with Gasteiger partial charge in [0.1, 0.15) is 11.5 Å². The molecule has 1 heterocycles. The van der Waals surface area contributed by atoms with E-state index in [-0.39, 0.29) is 5.56 Å². The standard InChI is InChI=1S/C13H7F4IN2O/c14-8-2-3-10(9(18)5-8)20-12(21)7-1-4-11(19-6-7)13(15,16)17/h1-6H,(H,20,21). The molecule has 0 radical (unpaired) electrons. The van der Waals surface area contributed by atoms with Gasteiger partial charge in [-0.05, 0) is 52.9 Å². The van der Waals surface area contributed by atoms with E-state index in [1.807, 2.05) is 22.6 Å². The number of anilines is 1. The molecule has 2 aromatic rings. The molecule has 0 bridgehead atoms. The second kappa shape index (κ2) is 5.96. The van der Waals surface area contributed by atoms with Gasteiger partial charge in [-0.15, -0.1) is 0 Å². The first-order chi connectivity index (χ1) is 9.77. The Morgan fingerprint density at radius 3 is 2.43 bits per heavy atom. The Balaban J connectivity index is 2.17. The molecule has 0 atom stereocenters. The van der Waals surface area contributed by atoms with E-state index in [2.05, 4.69) is 10.3 Å². The van der Waals surface area contributed by atoms with Crippen LogP contribution in [0.3, 0.4) is 0 Å². The van der Waals surface area contributed by atoms with Crippen molar-refractivity contribution < 1.29 is 22.4 Å². The van der Waals surface area contributed by atoms with Crippen LogP contribution in [-0.4, -0.2) is 10.9 Å². The van der Waals surface area contributed by atoms with Crippen LogP contribution in [0.2, 0.25) is 0 Å². The number of pyridine rings is 1. The summed E-state index contributed by atoms with van der Waals surface area (Å²) in [6.07, 6.45) is -3.71. The minimum Gasteiger partial charge on any atom is -0.321 e. The topological polar surface area (TPSA) is 42.0 Å². The summed E-state index contributed by atoms with van der Waals surface area (Å²) in [5.41, 5.74) is -0.736. The molecule has 1 aromatic heterocycles. The van der Waals surface area contributed by atoms with Crippen molar-refractivity contribution in [3.05, 3.63) is 57.2 Å². The molecule has 0 unspecified atom stereocenters. The summed E-state index contributed by atoms with van der Waals surface area (Å²) in [6, 6.07) is 5.52. The molecule has 1 aromatic carbocycles. The van der Waals surface area contributed by atoms with E-state index in [4.69, 9.17) is 0 Å². The normalized spacial score (nSPS) is 11.3. The van der Waals surface area contributed by atoms with Crippen molar-refractivity contribution in [3.8, 4) is 0 Å². The molecule has 0 spiro atoms. The summed E-state index contributed by atoms with van der Waals surface area (Å²) in [6.45, 7) is 0. The molecule has 3 nitrogen and oxygen atoms in total. The number of hydrogen-bond acceptors (Lipinski definition) is 2. The number of nitrogens with one attached hydrogen (secondary N) is 1. The van der Waals surface area contributed by atoms with Crippen LogP contribution in [0.15, 0.2) is 36.5 Å². The lowest BCUT2D eigenvalue weighted by Crippen LogP contribution is -2.15. The number of alkyl halides is 3. The molecular weight excluding hydrogens is 403 g/mol. The van der Waals surface area contributed by atoms with E-state index in [0.717, 1.165) is 18.3 Å². The zero-order chi connectivity index (χ0) is 15.6. The number of amides is 1. The first kappa shape index (κ1) is 15.7. The van der Waals surface area contributed by atoms with Crippen LogP contribution in [0, 0.1) is 9.39 Å². The maximum Gasteiger partial charge on any atom is 0.433 e. The van der Waals surface area contributed by atoms with Gasteiger partial charge < -0.3 is 5.32 Å². The molecule has 0 aliphatic carbocycles. The Bertz CT molecular complexity index is 671. The lowest BCUT2D eigenvalue weighted by atomic mass is 10.2. The Morgan fingerprint density at radius 1 is 1.19 bits per heavy atom. The highest BCUT2D eigenvalue weighted by atomic mass is 127. The number of rotatable bonds is 2. The maximum atomic E-state index is 12.9. The van der Waals surface area contributed by atoms with Crippen LogP contribution in [0.1, 0.15) is 16.1 Å². The van der Waals surface area contributed by atoms with Gasteiger partial charge in [-0.3, -0.25) is 9.78 Å². The van der Waals surface area contributed by atoms with Crippen LogP contribution >= 0.6 is 22.6 Å². The first-order valence-electron chi connectivity index (χ1n) is 5.57. The van der Waals surface area contributed by atoms with Crippen molar-refractivity contribution in [3.63, 3.8) is 0 Å². The van der Waals surface area contributed by atoms with E-state index in [9.17, 15) is 22.4 Å². The molecule has 8 heteroatoms. The van der Waals surface area contributed by atoms with Gasteiger partial charge >= 0.3 is 6.18 Å². The third-order valence-corrected chi connectivity index (χ3v) is 3.39. The van der Waals surface area contributed by atoms with E-state index in [1.54, 1.807) is 0 Å². The fourth-order valence-electron chi connectivity index (χ4n) is 1.48. The SMILES string of the molecule is O=C(Nc1ccc(F)cc1I)c1ccc(C(F)(F)F)nc1. The van der Waals surface area contributed by atoms with Crippen LogP contribution in [0.4, 0.5) is 23.2 Å². The fourth-order valence-corrected chi connectivity index (χ4v) is 2.09. The third-order valence-electron chi connectivity index (χ3n) is 2.50. The molecule has 110 valence electrons. The quantitative estimate of drug-likeness (QED) is 0.599. The highest BCUT2D eigenvalue weighted by Crippen LogP contribution is 2.27. The highest BCUT2D eigenvalue weighted by molar-refractivity contribution is 14.1. The first-order valence-corrected chi connectivity index (χ1v) is 6.65. The highest BCUT2D eigenvalue weighted by Gasteiger charge is 2.32. The maximum absolute atomic E-state index is 12.9. The second-order valence-corrected chi connectivity index (χ2v) is 5.17. The zero-order valence-electron chi connectivity index (χ0n) is 10.2. The summed E-state index contributed by atoms with van der Waals surface area (Å²) < 4.78 is 50.5. The van der Waals surface area contributed by atoms with Gasteiger partial charge in [-0.25, -0.2) is 4.39 Å². The molecule has 1 N–H and O–H groups in total. The fraction of sp³-hybridized carbons (Fsp3) is 0.0769. The van der Waals surface area contributed by atoms with Crippen molar-refractivity contribution in [1.82, 2.24) is 4.98 Å². The zero-order valence-corrected chi connectivity index (χ0v) is 12.4. The Morgan fingerprint density at radius 2 is 1.90 bits per heavy atom. The second-order valence-electron chi connectivity index (χ2n) is 4.01. The summed E-state index contributed by atoms with van der Waals surface area (Å²) in [5, 5.41) is 2.48. The van der Waals surface area contributed by atoms with Crippen LogP contribution in [0.25, 0.3) is 0 Å². The van der Waals surface area contributed by atoms with Crippen molar-refractivity contribution in [2.24, 2.45) is 0 Å². The van der Waals surface area contributed by atoms with Crippen molar-refractivity contribution in [1.29, 1.82) is 0 Å². The van der Waals surface area contributed by atoms with Gasteiger partial charge in [-0.2, -0.15) is 13.2 Å². The average molecular weight is 410 g/mol. The summed E-state index contributed by atoms with van der Waals surface area (Å²) in [5.74, 6) is -1.07. The van der Waals surface area contributed by atoms with Crippen molar-refractivity contribution in [2.45, 2.75) is 6.18 Å². The number of nitrogens with zero attached hydrogens (tertiary/aromatic N) is 1. The molecule has 0 aliphatic rings. The summed E-state index contributed by atoms with van der Waals surface area (Å²) in [4.78, 5) is 15.1. The minimum absolute atomic E-state index is 0.0249. The molecule has 2 rings (SSSR count). The number of hydrogen-bond donors (Lipinski definition) is 1. The Kier molecular flexibility index (Phi) is 4.45. The molecule has 21 heavy (non-hydrogen) atoms. The average Bonchev–Trinajstić information content (AvgIpc) is 2.41. The number of carbonyl (C=O) groups is 1. The molecular formula is C13H7F4IN2O. The third kappa shape index (κ3) is 3.90. The molecule has 0 saturated heterocycles. The number of benzene rings is 1. The monoisotopic (exact) mass is 410 g/mol. The van der Waals surface area contributed by atoms with Gasteiger partial charge in [0.25, 0.3) is 5.91 Å². The van der Waals surface area contributed by atoms with Crippen molar-refractivity contribution in [2.75, 3.05) is 5.32 Å². The van der Waals surface area contributed by atoms with E-state index in [1.165, 1.54) is 18.2 Å². The van der Waals surface area contributed by atoms with Gasteiger partial charge in [0.15, 0.2) is 0 Å². The number of halogens is 5. The summed E-state index contributed by atoms with van der Waals surface area (Å²) in [7, 11) is 0. The Labute approximate surface area is 130 Å². The van der Waals surface area contributed by atoms with E-state index >= 15 is 0 Å². The van der Waals surface area contributed by atoms with Crippen LogP contribution in [-0.2, 0) is 6.18 Å². The molecule has 0 fully saturated rings. The van der Waals surface area contributed by atoms with E-state index in [0.29, 0.717) is 9.26 Å². The predicted molar refractivity (Wildman–Crippen MR) is 76.3 cm³/mol. The predicted octanol–water partition coefficient (Wildman–Crippen LogP) is 4.10. The van der Waals surface area contributed by atoms with Gasteiger partial charge in [0.05, 0.1) is 11.3 Å². The number of carbonyl (C=O) groups excluding carboxylic acids is 1. The van der Waals surface area contributed by atoms with Gasteiger partial charge in [-0.1, -0.05) is 0 Å². The largest absolute Gasteiger partial charge is 0.433 e. The van der Waals surface area contributed by atoms with Crippen LogP contribution in [0.5, 0.6) is 0 Å². The van der Waals surface area contributed by atoms with Crippen molar-refractivity contribution >= 4 is 34.2 Å². The lowest BCUT2D eigenvalue weighted by molar-refractivity contribution is -0.141. The minimum atomic E-state index is -4.55. The molecule has 0 aliphatic heterocycles. The lowest BCUT2D eigenvalue weighted by Gasteiger charge is -2.09. The number of aromatic nitrogens is 1. The van der Waals surface area contributed by atoms with Crippen LogP contribution < -0.4 is 5.32 Å². The van der Waals surface area contributed by atoms with Gasteiger partial charge in [0, 0.05) is 9.77 Å². The van der Waals surface area contributed by atoms with E-state index < -0.39 is 23.6 Å². The molecule has 1 amide bonds. The summed E-state index contributed by atoms with van der Waals surface area (Å²) >= 11 is 1.84. The van der Waals surface area contributed by atoms with Gasteiger partial charge in [0.2, 0.25) is 0 Å². The molecule has 0 saturated carbocycles. The smallest absolute Gasteiger partial charge is 0.321 e.